The van der Waals surface area contributed by atoms with Crippen LogP contribution in [0, 0.1) is 0 Å². The molecule has 12 nitrogen and oxygen atoms in total. The van der Waals surface area contributed by atoms with E-state index in [9.17, 15) is 19.2 Å². The Morgan fingerprint density at radius 3 is 1.42 bits per heavy atom. The quantitative estimate of drug-likeness (QED) is 0.0621. The molecule has 12 heteroatoms. The minimum Gasteiger partial charge on any atom is -0.461 e. The minimum absolute atomic E-state index is 0.156. The van der Waals surface area contributed by atoms with Crippen molar-refractivity contribution in [2.24, 2.45) is 0 Å². The highest BCUT2D eigenvalue weighted by Crippen LogP contribution is 2.03. The van der Waals surface area contributed by atoms with Gasteiger partial charge in [-0.2, -0.15) is 0 Å². The Labute approximate surface area is 358 Å². The summed E-state index contributed by atoms with van der Waals surface area (Å²) in [4.78, 5) is 59.1. The van der Waals surface area contributed by atoms with Crippen LogP contribution in [0.25, 0.3) is 12.3 Å². The minimum atomic E-state index is -0.359. The van der Waals surface area contributed by atoms with E-state index in [1.807, 2.05) is 79.6 Å². The van der Waals surface area contributed by atoms with Gasteiger partial charge in [0.05, 0.1) is 6.33 Å². The molecular formula is C47H79N7O5. The number of rotatable bonds is 23. The normalized spacial score (nSPS) is 9.66. The number of carbonyl (C=O) groups is 4. The van der Waals surface area contributed by atoms with Crippen molar-refractivity contribution in [2.45, 2.75) is 65.2 Å². The first kappa shape index (κ1) is 60.8. The molecule has 59 heavy (non-hydrogen) atoms. The summed E-state index contributed by atoms with van der Waals surface area (Å²) in [5, 5.41) is 0. The molecule has 0 unspecified atom stereocenters. The summed E-state index contributed by atoms with van der Waals surface area (Å²) >= 11 is 0. The maximum absolute atomic E-state index is 11.1. The number of nitrogens with zero attached hydrogens (tertiary/aromatic N) is 7. The second-order valence-corrected chi connectivity index (χ2v) is 14.4. The Balaban J connectivity index is -0.000000310. The summed E-state index contributed by atoms with van der Waals surface area (Å²) in [6, 6.07) is 3.82. The molecule has 2 rings (SSSR count). The lowest BCUT2D eigenvalue weighted by Gasteiger charge is -2.07. The zero-order valence-electron chi connectivity index (χ0n) is 38.5. The van der Waals surface area contributed by atoms with E-state index in [1.54, 1.807) is 55.6 Å². The third-order valence-electron chi connectivity index (χ3n) is 7.35. The molecule has 0 atom stereocenters. The van der Waals surface area contributed by atoms with Gasteiger partial charge in [0.15, 0.2) is 17.3 Å². The first-order chi connectivity index (χ1) is 27.8. The predicted molar refractivity (Wildman–Crippen MR) is 250 cm³/mol. The summed E-state index contributed by atoms with van der Waals surface area (Å²) < 4.78 is 6.48. The number of likely N-dealkylation sites (N-methyl/N-ethyl adjacent to an activating group) is 1. The smallest absolute Gasteiger partial charge is 0.330 e. The zero-order chi connectivity index (χ0) is 46.0. The van der Waals surface area contributed by atoms with E-state index in [-0.39, 0.29) is 23.3 Å². The maximum Gasteiger partial charge on any atom is 0.330 e. The van der Waals surface area contributed by atoms with Crippen molar-refractivity contribution >= 4 is 35.6 Å². The van der Waals surface area contributed by atoms with Gasteiger partial charge in [0.25, 0.3) is 0 Å². The average Bonchev–Trinajstić information content (AvgIpc) is 3.73. The van der Waals surface area contributed by atoms with Crippen LogP contribution in [0.4, 0.5) is 0 Å². The molecule has 0 saturated carbocycles. The van der Waals surface area contributed by atoms with Crippen LogP contribution in [0.1, 0.15) is 70.8 Å². The maximum atomic E-state index is 11.1. The highest BCUT2D eigenvalue weighted by Gasteiger charge is 2.02. The Morgan fingerprint density at radius 1 is 0.627 bits per heavy atom. The van der Waals surface area contributed by atoms with E-state index < -0.39 is 0 Å². The third kappa shape index (κ3) is 51.1. The summed E-state index contributed by atoms with van der Waals surface area (Å²) in [5.74, 6) is 0.186. The van der Waals surface area contributed by atoms with Crippen molar-refractivity contribution in [3.05, 3.63) is 112 Å². The van der Waals surface area contributed by atoms with Gasteiger partial charge in [-0.1, -0.05) is 45.5 Å². The van der Waals surface area contributed by atoms with Crippen molar-refractivity contribution in [2.75, 3.05) is 89.2 Å². The Kier molecular flexibility index (Phi) is 44.0. The number of hydrogen-bond acceptors (Lipinski definition) is 11. The fourth-order valence-corrected chi connectivity index (χ4v) is 3.79. The van der Waals surface area contributed by atoms with Gasteiger partial charge >= 0.3 is 5.97 Å². The van der Waals surface area contributed by atoms with Gasteiger partial charge in [0.2, 0.25) is 0 Å². The van der Waals surface area contributed by atoms with Crippen molar-refractivity contribution in [1.82, 2.24) is 34.1 Å². The van der Waals surface area contributed by atoms with Gasteiger partial charge in [0, 0.05) is 62.9 Å². The van der Waals surface area contributed by atoms with Crippen LogP contribution in [-0.2, 0) is 23.9 Å². The van der Waals surface area contributed by atoms with E-state index in [2.05, 4.69) is 64.1 Å². The van der Waals surface area contributed by atoms with Crippen LogP contribution in [0.5, 0.6) is 0 Å². The molecule has 0 bridgehead atoms. The molecule has 0 aromatic carbocycles. The topological polar surface area (TPSA) is 121 Å². The van der Waals surface area contributed by atoms with E-state index in [4.69, 9.17) is 4.74 Å². The molecule has 0 aliphatic carbocycles. The van der Waals surface area contributed by atoms with E-state index in [1.165, 1.54) is 6.08 Å². The molecule has 0 fully saturated rings. The number of allylic oxidation sites excluding steroid dienone is 3. The highest BCUT2D eigenvalue weighted by atomic mass is 16.5. The lowest BCUT2D eigenvalue weighted by Crippen LogP contribution is -2.19. The van der Waals surface area contributed by atoms with Gasteiger partial charge in [-0.3, -0.25) is 19.4 Å². The number of esters is 1. The number of unbranched alkanes of at least 4 members (excludes halogenated alkanes) is 2. The molecule has 0 saturated heterocycles. The Hall–Kier alpha value is -4.88. The monoisotopic (exact) mass is 822 g/mol. The number of Topliss-reactive ketones (excluding diaryl/α,β-unsaturated/α-hetero) is 2. The van der Waals surface area contributed by atoms with Crippen LogP contribution in [0.3, 0.4) is 0 Å². The van der Waals surface area contributed by atoms with E-state index >= 15 is 0 Å². The van der Waals surface area contributed by atoms with E-state index in [0.717, 1.165) is 69.9 Å². The lowest BCUT2D eigenvalue weighted by atomic mass is 10.1. The summed E-state index contributed by atoms with van der Waals surface area (Å²) in [6.07, 6.45) is 21.8. The Bertz CT molecular complexity index is 1430. The van der Waals surface area contributed by atoms with Crippen LogP contribution in [0.2, 0.25) is 0 Å². The zero-order valence-corrected chi connectivity index (χ0v) is 38.5. The lowest BCUT2D eigenvalue weighted by molar-refractivity contribution is -0.138. The first-order valence-electron chi connectivity index (χ1n) is 19.8. The van der Waals surface area contributed by atoms with Gasteiger partial charge in [-0.15, -0.1) is 0 Å². The molecular weight excluding hydrogens is 743 g/mol. The molecule has 0 spiro atoms. The standard InChI is InChI=1S/C10H19NO.2C9H17NO.C7H13NO2.C7H7N.C5H6N2/c1-9(2)10(12)7-5-6-8-11(3)4;1-8(2)9(11)6-5-7-10(3)4;1-4-9(11)7-5-6-8-10(2)3;1-4-7(9)10-6-5-8(2)3;1-2-7-3-5-8-6-4-7;1-2-7-4-3-6-5-7/h1,5-8H2,2-4H3;1,5-7H2,2-4H3;4H,1,5-8H2,2-3H3;4H,1,5-6H2,2-3H3;2-6H,1H2;2-5H,1H2. The summed E-state index contributed by atoms with van der Waals surface area (Å²) in [6.45, 7) is 28.8. The number of carbonyl (C=O) groups excluding carboxylic acids is 4. The molecule has 0 N–H and O–H groups in total. The molecule has 0 amide bonds. The summed E-state index contributed by atoms with van der Waals surface area (Å²) in [5.41, 5.74) is 2.46. The Morgan fingerprint density at radius 2 is 1.08 bits per heavy atom. The van der Waals surface area contributed by atoms with Gasteiger partial charge in [-0.05, 0) is 157 Å². The molecule has 0 aliphatic heterocycles. The van der Waals surface area contributed by atoms with Gasteiger partial charge in [-0.25, -0.2) is 9.78 Å². The largest absolute Gasteiger partial charge is 0.461 e. The molecule has 0 aliphatic rings. The van der Waals surface area contributed by atoms with Crippen molar-refractivity contribution < 1.29 is 23.9 Å². The van der Waals surface area contributed by atoms with Crippen LogP contribution in [0.15, 0.2) is 106 Å². The average molecular weight is 822 g/mol. The van der Waals surface area contributed by atoms with Crippen LogP contribution < -0.4 is 0 Å². The number of imidazole rings is 1. The number of ether oxygens (including phenoxy) is 1. The fraction of sp³-hybridized carbons (Fsp3) is 0.489. The van der Waals surface area contributed by atoms with Gasteiger partial charge < -0.3 is 28.9 Å². The van der Waals surface area contributed by atoms with Crippen LogP contribution >= 0.6 is 0 Å². The van der Waals surface area contributed by atoms with E-state index in [0.29, 0.717) is 37.0 Å². The number of ketones is 3. The predicted octanol–water partition coefficient (Wildman–Crippen LogP) is 7.80. The number of aromatic nitrogens is 3. The van der Waals surface area contributed by atoms with Crippen molar-refractivity contribution in [1.29, 1.82) is 0 Å². The molecule has 2 heterocycles. The van der Waals surface area contributed by atoms with Crippen LogP contribution in [-0.4, -0.2) is 147 Å². The highest BCUT2D eigenvalue weighted by molar-refractivity contribution is 5.94. The van der Waals surface area contributed by atoms with Crippen molar-refractivity contribution in [3.8, 4) is 0 Å². The summed E-state index contributed by atoms with van der Waals surface area (Å²) in [7, 11) is 16.0. The second kappa shape index (κ2) is 42.7. The molecule has 0 radical (unpaired) electrons. The number of pyridine rings is 1. The molecule has 332 valence electrons. The van der Waals surface area contributed by atoms with Gasteiger partial charge in [0.1, 0.15) is 6.61 Å². The molecule has 2 aromatic rings. The SMILES string of the molecule is C=C(C)C(=O)CCCCN(C)C.C=C(C)C(=O)CCCN(C)C.C=CC(=O)CCCCN(C)C.C=CC(=O)OCCN(C)C.C=Cc1ccncc1.C=Cn1ccnc1. The van der Waals surface area contributed by atoms with Crippen molar-refractivity contribution in [3.63, 3.8) is 0 Å². The first-order valence-corrected chi connectivity index (χ1v) is 19.8. The third-order valence-corrected chi connectivity index (χ3v) is 7.35. The fourth-order valence-electron chi connectivity index (χ4n) is 3.79. The second-order valence-electron chi connectivity index (χ2n) is 14.4. The molecule has 2 aromatic heterocycles. The number of hydrogen-bond donors (Lipinski definition) is 0.